The van der Waals surface area contributed by atoms with Crippen LogP contribution in [-0.4, -0.2) is 26.8 Å². The number of hydrogen-bond donors (Lipinski definition) is 2. The van der Waals surface area contributed by atoms with Gasteiger partial charge in [-0.3, -0.25) is 9.59 Å². The Morgan fingerprint density at radius 3 is 2.43 bits per heavy atom. The number of nitrogens with zero attached hydrogens (tertiary/aromatic N) is 3. The van der Waals surface area contributed by atoms with E-state index in [-0.39, 0.29) is 11.8 Å². The van der Waals surface area contributed by atoms with E-state index in [4.69, 9.17) is 0 Å². The van der Waals surface area contributed by atoms with Gasteiger partial charge in [-0.15, -0.1) is 0 Å². The lowest BCUT2D eigenvalue weighted by atomic mass is 10.2. The molecular formula is C20H15N5O2S. The Morgan fingerprint density at radius 2 is 1.71 bits per heavy atom. The fraction of sp³-hybridized carbons (Fsp3) is 0.0500. The average molecular weight is 389 g/mol. The van der Waals surface area contributed by atoms with Crippen LogP contribution >= 0.6 is 11.3 Å². The van der Waals surface area contributed by atoms with Gasteiger partial charge in [-0.25, -0.2) is 15.0 Å². The van der Waals surface area contributed by atoms with Gasteiger partial charge in [0.15, 0.2) is 11.0 Å². The van der Waals surface area contributed by atoms with Crippen LogP contribution in [0, 0.1) is 0 Å². The van der Waals surface area contributed by atoms with Crippen LogP contribution in [0.5, 0.6) is 0 Å². The maximum atomic E-state index is 12.5. The third-order valence-corrected chi connectivity index (χ3v) is 4.81. The first kappa shape index (κ1) is 17.7. The van der Waals surface area contributed by atoms with Crippen molar-refractivity contribution in [3.05, 3.63) is 66.5 Å². The minimum atomic E-state index is -0.300. The fourth-order valence-electron chi connectivity index (χ4n) is 2.59. The largest absolute Gasteiger partial charge is 0.322 e. The van der Waals surface area contributed by atoms with Gasteiger partial charge in [0, 0.05) is 30.6 Å². The van der Waals surface area contributed by atoms with Gasteiger partial charge < -0.3 is 10.6 Å². The standard InChI is InChI=1S/C20H15N5O2S/c1-12(26)23-20-25-16-8-7-15(9-17(16)28-20)24-19(27)14-10-21-18(22-11-14)13-5-3-2-4-6-13/h2-11H,1H3,(H,24,27)(H,23,25,26). The first-order valence-electron chi connectivity index (χ1n) is 8.45. The molecule has 0 atom stereocenters. The zero-order valence-corrected chi connectivity index (χ0v) is 15.7. The molecule has 138 valence electrons. The number of carbonyl (C=O) groups is 2. The van der Waals surface area contributed by atoms with Crippen LogP contribution in [0.15, 0.2) is 60.9 Å². The molecule has 0 spiro atoms. The Balaban J connectivity index is 1.50. The molecule has 2 aromatic heterocycles. The molecule has 0 aliphatic rings. The molecule has 0 aliphatic heterocycles. The van der Waals surface area contributed by atoms with Crippen molar-refractivity contribution in [1.82, 2.24) is 15.0 Å². The van der Waals surface area contributed by atoms with Crippen LogP contribution in [0.25, 0.3) is 21.6 Å². The number of carbonyl (C=O) groups excluding carboxylic acids is 2. The lowest BCUT2D eigenvalue weighted by Crippen LogP contribution is -2.12. The number of rotatable bonds is 4. The van der Waals surface area contributed by atoms with Crippen LogP contribution in [-0.2, 0) is 4.79 Å². The first-order valence-corrected chi connectivity index (χ1v) is 9.27. The lowest BCUT2D eigenvalue weighted by Gasteiger charge is -2.05. The highest BCUT2D eigenvalue weighted by atomic mass is 32.1. The highest BCUT2D eigenvalue weighted by Gasteiger charge is 2.11. The topological polar surface area (TPSA) is 96.9 Å². The molecule has 4 aromatic rings. The van der Waals surface area contributed by atoms with E-state index in [2.05, 4.69) is 25.6 Å². The maximum Gasteiger partial charge on any atom is 0.258 e. The molecule has 2 heterocycles. The fourth-order valence-corrected chi connectivity index (χ4v) is 3.54. The van der Waals surface area contributed by atoms with Gasteiger partial charge in [-0.05, 0) is 18.2 Å². The summed E-state index contributed by atoms with van der Waals surface area (Å²) in [5.74, 6) is 0.0887. The van der Waals surface area contributed by atoms with Gasteiger partial charge in [0.05, 0.1) is 15.8 Å². The Morgan fingerprint density at radius 1 is 0.964 bits per heavy atom. The second-order valence-corrected chi connectivity index (χ2v) is 7.03. The van der Waals surface area contributed by atoms with Crippen molar-refractivity contribution < 1.29 is 9.59 Å². The second kappa shape index (κ2) is 7.53. The van der Waals surface area contributed by atoms with Crippen LogP contribution in [0.2, 0.25) is 0 Å². The summed E-state index contributed by atoms with van der Waals surface area (Å²) in [6.45, 7) is 1.43. The number of aromatic nitrogens is 3. The third kappa shape index (κ3) is 3.86. The summed E-state index contributed by atoms with van der Waals surface area (Å²) in [5.41, 5.74) is 2.63. The molecule has 0 radical (unpaired) electrons. The summed E-state index contributed by atoms with van der Waals surface area (Å²) in [7, 11) is 0. The molecule has 0 saturated heterocycles. The summed E-state index contributed by atoms with van der Waals surface area (Å²) in [4.78, 5) is 36.5. The van der Waals surface area contributed by atoms with Gasteiger partial charge in [-0.2, -0.15) is 0 Å². The molecule has 28 heavy (non-hydrogen) atoms. The van der Waals surface area contributed by atoms with Crippen molar-refractivity contribution in [2.75, 3.05) is 10.6 Å². The van der Waals surface area contributed by atoms with Crippen molar-refractivity contribution in [2.45, 2.75) is 6.92 Å². The second-order valence-electron chi connectivity index (χ2n) is 6.00. The van der Waals surface area contributed by atoms with Crippen LogP contribution in [0.1, 0.15) is 17.3 Å². The van der Waals surface area contributed by atoms with Crippen molar-refractivity contribution in [3.8, 4) is 11.4 Å². The number of thiazole rings is 1. The zero-order valence-electron chi connectivity index (χ0n) is 14.8. The van der Waals surface area contributed by atoms with Gasteiger partial charge in [0.25, 0.3) is 5.91 Å². The molecule has 4 rings (SSSR count). The van der Waals surface area contributed by atoms with E-state index in [1.54, 1.807) is 12.1 Å². The summed E-state index contributed by atoms with van der Waals surface area (Å²) in [6.07, 6.45) is 3.01. The average Bonchev–Trinajstić information content (AvgIpc) is 3.09. The molecule has 0 unspecified atom stereocenters. The summed E-state index contributed by atoms with van der Waals surface area (Å²) >= 11 is 1.34. The Labute approximate surface area is 164 Å². The van der Waals surface area contributed by atoms with Crippen molar-refractivity contribution in [1.29, 1.82) is 0 Å². The van der Waals surface area contributed by atoms with Crippen molar-refractivity contribution in [2.24, 2.45) is 0 Å². The minimum absolute atomic E-state index is 0.175. The highest BCUT2D eigenvalue weighted by Crippen LogP contribution is 2.28. The molecule has 0 saturated carbocycles. The smallest absolute Gasteiger partial charge is 0.258 e. The SMILES string of the molecule is CC(=O)Nc1nc2ccc(NC(=O)c3cnc(-c4ccccc4)nc3)cc2s1. The molecule has 0 aliphatic carbocycles. The number of amides is 2. The summed E-state index contributed by atoms with van der Waals surface area (Å²) < 4.78 is 0.859. The zero-order chi connectivity index (χ0) is 19.5. The normalized spacial score (nSPS) is 10.6. The Bertz CT molecular complexity index is 1160. The Hall–Kier alpha value is -3.65. The predicted molar refractivity (Wildman–Crippen MR) is 109 cm³/mol. The van der Waals surface area contributed by atoms with Crippen LogP contribution in [0.3, 0.4) is 0 Å². The molecule has 2 aromatic carbocycles. The predicted octanol–water partition coefficient (Wildman–Crippen LogP) is 3.96. The molecular weight excluding hydrogens is 374 g/mol. The molecule has 7 nitrogen and oxygen atoms in total. The van der Waals surface area contributed by atoms with Crippen molar-refractivity contribution >= 4 is 44.2 Å². The van der Waals surface area contributed by atoms with E-state index in [0.29, 0.717) is 22.2 Å². The van der Waals surface area contributed by atoms with Crippen LogP contribution < -0.4 is 10.6 Å². The van der Waals surface area contributed by atoms with E-state index >= 15 is 0 Å². The van der Waals surface area contributed by atoms with E-state index in [9.17, 15) is 9.59 Å². The van der Waals surface area contributed by atoms with E-state index in [0.717, 1.165) is 15.8 Å². The van der Waals surface area contributed by atoms with Gasteiger partial charge in [-0.1, -0.05) is 41.7 Å². The lowest BCUT2D eigenvalue weighted by molar-refractivity contribution is -0.114. The molecule has 0 bridgehead atoms. The monoisotopic (exact) mass is 389 g/mol. The molecule has 2 amide bonds. The first-order chi connectivity index (χ1) is 13.6. The van der Waals surface area contributed by atoms with Gasteiger partial charge >= 0.3 is 0 Å². The van der Waals surface area contributed by atoms with Crippen molar-refractivity contribution in [3.63, 3.8) is 0 Å². The van der Waals surface area contributed by atoms with E-state index in [1.165, 1.54) is 30.7 Å². The minimum Gasteiger partial charge on any atom is -0.322 e. The van der Waals surface area contributed by atoms with E-state index in [1.807, 2.05) is 36.4 Å². The summed E-state index contributed by atoms with van der Waals surface area (Å²) in [6, 6.07) is 14.9. The number of nitrogens with one attached hydrogen (secondary N) is 2. The van der Waals surface area contributed by atoms with Crippen LogP contribution in [0.4, 0.5) is 10.8 Å². The molecule has 2 N–H and O–H groups in total. The third-order valence-electron chi connectivity index (χ3n) is 3.88. The number of fused-ring (bicyclic) bond motifs is 1. The molecule has 0 fully saturated rings. The van der Waals surface area contributed by atoms with Gasteiger partial charge in [0.2, 0.25) is 5.91 Å². The number of benzene rings is 2. The Kier molecular flexibility index (Phi) is 4.77. The quantitative estimate of drug-likeness (QED) is 0.551. The maximum absolute atomic E-state index is 12.5. The highest BCUT2D eigenvalue weighted by molar-refractivity contribution is 7.22. The van der Waals surface area contributed by atoms with E-state index < -0.39 is 0 Å². The van der Waals surface area contributed by atoms with Gasteiger partial charge in [0.1, 0.15) is 0 Å². The molecule has 8 heteroatoms. The summed E-state index contributed by atoms with van der Waals surface area (Å²) in [5, 5.41) is 6.02. The number of anilines is 2. The number of hydrogen-bond acceptors (Lipinski definition) is 6.